The highest BCUT2D eigenvalue weighted by molar-refractivity contribution is 5.55. The zero-order valence-corrected chi connectivity index (χ0v) is 13.0. The van der Waals surface area contributed by atoms with E-state index in [-0.39, 0.29) is 12.6 Å². The smallest absolute Gasteiger partial charge is 0.0585 e. The second-order valence-corrected chi connectivity index (χ2v) is 6.37. The van der Waals surface area contributed by atoms with E-state index in [0.717, 1.165) is 19.5 Å². The second kappa shape index (κ2) is 7.09. The van der Waals surface area contributed by atoms with Gasteiger partial charge in [-0.15, -0.1) is 0 Å². The van der Waals surface area contributed by atoms with Gasteiger partial charge in [0.05, 0.1) is 6.61 Å². The first-order valence-electron chi connectivity index (χ1n) is 7.80. The van der Waals surface area contributed by atoms with E-state index in [9.17, 15) is 5.11 Å². The SMILES string of the molecule is CC1Cc2ccccc2N(CCC(CO)NC(C)C)C1. The van der Waals surface area contributed by atoms with Crippen LogP contribution in [0, 0.1) is 5.92 Å². The molecule has 1 aliphatic heterocycles. The van der Waals surface area contributed by atoms with Crippen molar-refractivity contribution in [2.75, 3.05) is 24.6 Å². The fourth-order valence-electron chi connectivity index (χ4n) is 3.13. The molecule has 112 valence electrons. The molecule has 0 saturated heterocycles. The normalized spacial score (nSPS) is 20.1. The van der Waals surface area contributed by atoms with Crippen LogP contribution in [0.2, 0.25) is 0 Å². The van der Waals surface area contributed by atoms with Crippen LogP contribution in [0.15, 0.2) is 24.3 Å². The van der Waals surface area contributed by atoms with Gasteiger partial charge in [-0.3, -0.25) is 0 Å². The molecule has 2 N–H and O–H groups in total. The van der Waals surface area contributed by atoms with E-state index in [2.05, 4.69) is 55.3 Å². The first-order valence-corrected chi connectivity index (χ1v) is 7.80. The third-order valence-electron chi connectivity index (χ3n) is 3.97. The molecule has 20 heavy (non-hydrogen) atoms. The summed E-state index contributed by atoms with van der Waals surface area (Å²) in [5, 5.41) is 12.9. The molecule has 1 heterocycles. The van der Waals surface area contributed by atoms with Gasteiger partial charge in [0.25, 0.3) is 0 Å². The van der Waals surface area contributed by atoms with Gasteiger partial charge in [-0.1, -0.05) is 39.0 Å². The van der Waals surface area contributed by atoms with Crippen LogP contribution >= 0.6 is 0 Å². The van der Waals surface area contributed by atoms with Crippen molar-refractivity contribution < 1.29 is 5.11 Å². The number of aliphatic hydroxyl groups excluding tert-OH is 1. The zero-order valence-electron chi connectivity index (χ0n) is 13.0. The van der Waals surface area contributed by atoms with E-state index in [1.807, 2.05) is 0 Å². The van der Waals surface area contributed by atoms with Crippen LogP contribution in [0.1, 0.15) is 32.8 Å². The maximum atomic E-state index is 9.47. The van der Waals surface area contributed by atoms with E-state index in [1.165, 1.54) is 17.7 Å². The Hall–Kier alpha value is -1.06. The summed E-state index contributed by atoms with van der Waals surface area (Å²) in [4.78, 5) is 2.48. The number of para-hydroxylation sites is 1. The molecule has 3 heteroatoms. The number of hydrogen-bond donors (Lipinski definition) is 2. The average Bonchev–Trinajstić information content (AvgIpc) is 2.42. The summed E-state index contributed by atoms with van der Waals surface area (Å²) in [5.41, 5.74) is 2.84. The minimum absolute atomic E-state index is 0.194. The van der Waals surface area contributed by atoms with Gasteiger partial charge in [0.1, 0.15) is 0 Å². The minimum atomic E-state index is 0.194. The summed E-state index contributed by atoms with van der Waals surface area (Å²) in [6.07, 6.45) is 2.16. The molecule has 3 nitrogen and oxygen atoms in total. The van der Waals surface area contributed by atoms with Crippen LogP contribution in [0.5, 0.6) is 0 Å². The van der Waals surface area contributed by atoms with Crippen molar-refractivity contribution in [3.05, 3.63) is 29.8 Å². The highest BCUT2D eigenvalue weighted by Crippen LogP contribution is 2.29. The van der Waals surface area contributed by atoms with Crippen LogP contribution in [0.25, 0.3) is 0 Å². The Bertz CT molecular complexity index is 419. The molecule has 0 fully saturated rings. The number of anilines is 1. The summed E-state index contributed by atoms with van der Waals surface area (Å²) in [5.74, 6) is 0.704. The summed E-state index contributed by atoms with van der Waals surface area (Å²) in [6, 6.07) is 9.34. The number of nitrogens with zero attached hydrogens (tertiary/aromatic N) is 1. The Balaban J connectivity index is 1.99. The highest BCUT2D eigenvalue weighted by Gasteiger charge is 2.21. The predicted octanol–water partition coefficient (Wildman–Crippen LogP) is 2.43. The van der Waals surface area contributed by atoms with E-state index < -0.39 is 0 Å². The van der Waals surface area contributed by atoms with Gasteiger partial charge in [0.15, 0.2) is 0 Å². The molecule has 0 radical (unpaired) electrons. The predicted molar refractivity (Wildman–Crippen MR) is 85.3 cm³/mol. The summed E-state index contributed by atoms with van der Waals surface area (Å²) >= 11 is 0. The number of aliphatic hydroxyl groups is 1. The molecule has 0 spiro atoms. The van der Waals surface area contributed by atoms with E-state index in [4.69, 9.17) is 0 Å². The van der Waals surface area contributed by atoms with E-state index in [1.54, 1.807) is 0 Å². The van der Waals surface area contributed by atoms with Crippen LogP contribution in [0.4, 0.5) is 5.69 Å². The molecule has 2 atom stereocenters. The third kappa shape index (κ3) is 3.97. The first kappa shape index (κ1) is 15.3. The van der Waals surface area contributed by atoms with Crippen LogP contribution < -0.4 is 10.2 Å². The Morgan fingerprint density at radius 3 is 2.80 bits per heavy atom. The summed E-state index contributed by atoms with van der Waals surface area (Å²) in [7, 11) is 0. The van der Waals surface area contributed by atoms with Gasteiger partial charge >= 0.3 is 0 Å². The molecule has 1 aliphatic rings. The quantitative estimate of drug-likeness (QED) is 0.837. The van der Waals surface area contributed by atoms with Gasteiger partial charge < -0.3 is 15.3 Å². The van der Waals surface area contributed by atoms with Crippen molar-refractivity contribution in [3.63, 3.8) is 0 Å². The van der Waals surface area contributed by atoms with Crippen molar-refractivity contribution in [1.29, 1.82) is 0 Å². The lowest BCUT2D eigenvalue weighted by Crippen LogP contribution is -2.42. The second-order valence-electron chi connectivity index (χ2n) is 6.37. The maximum Gasteiger partial charge on any atom is 0.0585 e. The Kier molecular flexibility index (Phi) is 5.44. The number of nitrogens with one attached hydrogen (secondary N) is 1. The standard InChI is InChI=1S/C17H28N2O/c1-13(2)18-16(12-20)8-9-19-11-14(3)10-15-6-4-5-7-17(15)19/h4-7,13-14,16,18,20H,8-12H2,1-3H3. The van der Waals surface area contributed by atoms with E-state index >= 15 is 0 Å². The number of rotatable bonds is 6. The van der Waals surface area contributed by atoms with Gasteiger partial charge in [-0.2, -0.15) is 0 Å². The third-order valence-corrected chi connectivity index (χ3v) is 3.97. The fourth-order valence-corrected chi connectivity index (χ4v) is 3.13. The van der Waals surface area contributed by atoms with Crippen LogP contribution in [-0.2, 0) is 6.42 Å². The highest BCUT2D eigenvalue weighted by atomic mass is 16.3. The molecule has 2 rings (SSSR count). The molecule has 0 amide bonds. The van der Waals surface area contributed by atoms with Crippen LogP contribution in [0.3, 0.4) is 0 Å². The number of benzene rings is 1. The summed E-state index contributed by atoms with van der Waals surface area (Å²) < 4.78 is 0. The zero-order chi connectivity index (χ0) is 14.5. The largest absolute Gasteiger partial charge is 0.395 e. The first-order chi connectivity index (χ1) is 9.60. The van der Waals surface area contributed by atoms with Crippen LogP contribution in [-0.4, -0.2) is 36.9 Å². The molecule has 0 aliphatic carbocycles. The lowest BCUT2D eigenvalue weighted by molar-refractivity contribution is 0.229. The molecular weight excluding hydrogens is 248 g/mol. The van der Waals surface area contributed by atoms with Gasteiger partial charge in [-0.05, 0) is 30.4 Å². The number of fused-ring (bicyclic) bond motifs is 1. The molecule has 2 unspecified atom stereocenters. The van der Waals surface area contributed by atoms with Crippen molar-refractivity contribution in [2.45, 2.75) is 45.7 Å². The molecule has 0 saturated carbocycles. The molecular formula is C17H28N2O. The van der Waals surface area contributed by atoms with Gasteiger partial charge in [0.2, 0.25) is 0 Å². The monoisotopic (exact) mass is 276 g/mol. The van der Waals surface area contributed by atoms with E-state index in [0.29, 0.717) is 12.0 Å². The average molecular weight is 276 g/mol. The molecule has 1 aromatic carbocycles. The Morgan fingerprint density at radius 2 is 2.10 bits per heavy atom. The van der Waals surface area contributed by atoms with Crippen molar-refractivity contribution >= 4 is 5.69 Å². The maximum absolute atomic E-state index is 9.47. The lowest BCUT2D eigenvalue weighted by Gasteiger charge is -2.35. The minimum Gasteiger partial charge on any atom is -0.395 e. The molecule has 0 bridgehead atoms. The van der Waals surface area contributed by atoms with Crippen molar-refractivity contribution in [3.8, 4) is 0 Å². The fraction of sp³-hybridized carbons (Fsp3) is 0.647. The Morgan fingerprint density at radius 1 is 1.35 bits per heavy atom. The molecule has 0 aromatic heterocycles. The van der Waals surface area contributed by atoms with Crippen molar-refractivity contribution in [2.24, 2.45) is 5.92 Å². The van der Waals surface area contributed by atoms with Crippen molar-refractivity contribution in [1.82, 2.24) is 5.32 Å². The van der Waals surface area contributed by atoms with Gasteiger partial charge in [-0.25, -0.2) is 0 Å². The van der Waals surface area contributed by atoms with Gasteiger partial charge in [0, 0.05) is 30.9 Å². The number of hydrogen-bond acceptors (Lipinski definition) is 3. The Labute approximate surface area is 123 Å². The lowest BCUT2D eigenvalue weighted by atomic mass is 9.93. The topological polar surface area (TPSA) is 35.5 Å². The molecule has 1 aromatic rings. The summed E-state index contributed by atoms with van der Waals surface area (Å²) in [6.45, 7) is 8.91.